The lowest BCUT2D eigenvalue weighted by molar-refractivity contribution is -0.115. The second kappa shape index (κ2) is 8.47. The number of benzene rings is 1. The molecule has 4 N–H and O–H groups in total. The number of anilines is 1. The number of nitrogen functional groups attached to an aromatic ring is 1. The molecule has 12 nitrogen and oxygen atoms in total. The molecule has 0 spiro atoms. The summed E-state index contributed by atoms with van der Waals surface area (Å²) < 4.78 is 1.05. The first-order valence-electron chi connectivity index (χ1n) is 9.24. The molecule has 1 aliphatic rings. The van der Waals surface area contributed by atoms with Crippen LogP contribution in [-0.4, -0.2) is 39.3 Å². The fourth-order valence-electron chi connectivity index (χ4n) is 3.20. The van der Waals surface area contributed by atoms with E-state index >= 15 is 0 Å². The van der Waals surface area contributed by atoms with Crippen LogP contribution in [0.5, 0.6) is 0 Å². The lowest BCUT2D eigenvalue weighted by atomic mass is 10.1. The number of hydrogen-bond acceptors (Lipinski definition) is 9. The summed E-state index contributed by atoms with van der Waals surface area (Å²) in [5, 5.41) is 9.58. The minimum atomic E-state index is -0.709. The second-order valence-electron chi connectivity index (χ2n) is 6.69. The smallest absolute Gasteiger partial charge is 0.347 e. The molecule has 32 heavy (non-hydrogen) atoms. The molecule has 2 amide bonds. The first-order valence-corrected chi connectivity index (χ1v) is 10.1. The van der Waals surface area contributed by atoms with E-state index in [0.29, 0.717) is 22.0 Å². The van der Waals surface area contributed by atoms with Crippen LogP contribution in [0.1, 0.15) is 27.2 Å². The van der Waals surface area contributed by atoms with E-state index in [2.05, 4.69) is 20.4 Å². The summed E-state index contributed by atoms with van der Waals surface area (Å²) >= 11 is 1.17. The Morgan fingerprint density at radius 2 is 2.16 bits per heavy atom. The number of amides is 2. The van der Waals surface area contributed by atoms with Crippen LogP contribution in [-0.2, 0) is 22.7 Å². The van der Waals surface area contributed by atoms with Crippen LogP contribution in [0.2, 0.25) is 0 Å². The van der Waals surface area contributed by atoms with Crippen molar-refractivity contribution in [3.05, 3.63) is 79.1 Å². The van der Waals surface area contributed by atoms with Crippen molar-refractivity contribution in [3.8, 4) is 0 Å². The summed E-state index contributed by atoms with van der Waals surface area (Å²) in [7, 11) is 1.32. The SMILES string of the molecule is CO/N=C(/C(=O)NCc1ccc2c(c1)CN(n1ccc(=O)[nH]c1=O)C2=O)c1csc(N)n1. The van der Waals surface area contributed by atoms with Gasteiger partial charge in [0, 0.05) is 29.8 Å². The average molecular weight is 455 g/mol. The monoisotopic (exact) mass is 455 g/mol. The fraction of sp³-hybridized carbons (Fsp3) is 0.158. The van der Waals surface area contributed by atoms with E-state index < -0.39 is 17.2 Å². The summed E-state index contributed by atoms with van der Waals surface area (Å²) in [5.74, 6) is -0.879. The van der Waals surface area contributed by atoms with Crippen LogP contribution in [0.3, 0.4) is 0 Å². The second-order valence-corrected chi connectivity index (χ2v) is 7.57. The van der Waals surface area contributed by atoms with Crippen molar-refractivity contribution in [2.24, 2.45) is 5.16 Å². The number of thiazole rings is 1. The van der Waals surface area contributed by atoms with Crippen molar-refractivity contribution in [2.75, 3.05) is 17.9 Å². The molecule has 13 heteroatoms. The number of oxime groups is 1. The van der Waals surface area contributed by atoms with Gasteiger partial charge in [-0.25, -0.2) is 19.5 Å². The predicted octanol–water partition coefficient (Wildman–Crippen LogP) is -0.466. The number of nitrogens with one attached hydrogen (secondary N) is 2. The topological polar surface area (TPSA) is 165 Å². The Morgan fingerprint density at radius 3 is 2.84 bits per heavy atom. The molecular formula is C19H17N7O5S. The van der Waals surface area contributed by atoms with Crippen LogP contribution < -0.4 is 27.3 Å². The molecular weight excluding hydrogens is 438 g/mol. The predicted molar refractivity (Wildman–Crippen MR) is 116 cm³/mol. The van der Waals surface area contributed by atoms with Gasteiger partial charge in [0.05, 0.1) is 6.54 Å². The number of hydrogen-bond donors (Lipinski definition) is 3. The molecule has 0 radical (unpaired) electrons. The van der Waals surface area contributed by atoms with Crippen LogP contribution >= 0.6 is 11.3 Å². The third-order valence-electron chi connectivity index (χ3n) is 4.64. The van der Waals surface area contributed by atoms with Crippen LogP contribution in [0, 0.1) is 0 Å². The van der Waals surface area contributed by atoms with Crippen molar-refractivity contribution in [2.45, 2.75) is 13.1 Å². The molecule has 3 heterocycles. The van der Waals surface area contributed by atoms with Crippen LogP contribution in [0.15, 0.2) is 50.6 Å². The number of nitrogens with zero attached hydrogens (tertiary/aromatic N) is 4. The maximum absolute atomic E-state index is 12.7. The van der Waals surface area contributed by atoms with Gasteiger partial charge in [-0.3, -0.25) is 19.4 Å². The van der Waals surface area contributed by atoms with E-state index in [1.54, 1.807) is 23.6 Å². The molecule has 0 saturated carbocycles. The third-order valence-corrected chi connectivity index (χ3v) is 5.31. The van der Waals surface area contributed by atoms with Gasteiger partial charge in [-0.1, -0.05) is 17.3 Å². The Labute approximate surface area is 183 Å². The lowest BCUT2D eigenvalue weighted by Crippen LogP contribution is -2.44. The molecule has 0 saturated heterocycles. The quantitative estimate of drug-likeness (QED) is 0.334. The summed E-state index contributed by atoms with van der Waals surface area (Å²) in [4.78, 5) is 59.5. The van der Waals surface area contributed by atoms with Gasteiger partial charge in [-0.2, -0.15) is 0 Å². The highest BCUT2D eigenvalue weighted by molar-refractivity contribution is 7.13. The Hall–Kier alpha value is -4.26. The zero-order chi connectivity index (χ0) is 22.8. The zero-order valence-corrected chi connectivity index (χ0v) is 17.5. The maximum Gasteiger partial charge on any atom is 0.347 e. The van der Waals surface area contributed by atoms with Gasteiger partial charge in [-0.15, -0.1) is 11.3 Å². The fourth-order valence-corrected chi connectivity index (χ4v) is 3.75. The summed E-state index contributed by atoms with van der Waals surface area (Å²) in [6, 6.07) is 6.25. The van der Waals surface area contributed by atoms with Crippen molar-refractivity contribution in [3.63, 3.8) is 0 Å². The summed E-state index contributed by atoms with van der Waals surface area (Å²) in [6.45, 7) is 0.289. The molecule has 0 fully saturated rings. The highest BCUT2D eigenvalue weighted by atomic mass is 32.1. The summed E-state index contributed by atoms with van der Waals surface area (Å²) in [5.41, 5.74) is 6.48. The van der Waals surface area contributed by atoms with Gasteiger partial charge in [0.1, 0.15) is 12.8 Å². The van der Waals surface area contributed by atoms with Crippen molar-refractivity contribution in [1.82, 2.24) is 20.0 Å². The van der Waals surface area contributed by atoms with E-state index in [9.17, 15) is 19.2 Å². The highest BCUT2D eigenvalue weighted by Gasteiger charge is 2.29. The first kappa shape index (κ1) is 21.0. The molecule has 3 aromatic rings. The lowest BCUT2D eigenvalue weighted by Gasteiger charge is -2.16. The summed E-state index contributed by atoms with van der Waals surface area (Å²) in [6.07, 6.45) is 1.24. The van der Waals surface area contributed by atoms with Crippen LogP contribution in [0.25, 0.3) is 0 Å². The molecule has 1 aliphatic heterocycles. The Morgan fingerprint density at radius 1 is 1.34 bits per heavy atom. The molecule has 1 aromatic carbocycles. The molecule has 0 bridgehead atoms. The number of carbonyl (C=O) groups is 2. The van der Waals surface area contributed by atoms with Gasteiger partial charge in [0.2, 0.25) is 0 Å². The number of aromatic amines is 1. The molecule has 0 aliphatic carbocycles. The number of rotatable bonds is 6. The van der Waals surface area contributed by atoms with E-state index in [1.165, 1.54) is 29.7 Å². The minimum Gasteiger partial charge on any atom is -0.398 e. The van der Waals surface area contributed by atoms with E-state index in [0.717, 1.165) is 16.3 Å². The molecule has 2 aromatic heterocycles. The normalized spacial score (nSPS) is 13.2. The Bertz CT molecular complexity index is 1360. The average Bonchev–Trinajstić information content (AvgIpc) is 3.33. The zero-order valence-electron chi connectivity index (χ0n) is 16.7. The highest BCUT2D eigenvalue weighted by Crippen LogP contribution is 2.22. The van der Waals surface area contributed by atoms with Gasteiger partial charge in [-0.05, 0) is 17.2 Å². The number of fused-ring (bicyclic) bond motifs is 1. The van der Waals surface area contributed by atoms with Crippen molar-refractivity contribution < 1.29 is 14.4 Å². The number of nitrogens with two attached hydrogens (primary N) is 1. The van der Waals surface area contributed by atoms with Crippen molar-refractivity contribution >= 4 is 34.0 Å². The van der Waals surface area contributed by atoms with E-state index in [4.69, 9.17) is 10.6 Å². The third kappa shape index (κ3) is 4.00. The van der Waals surface area contributed by atoms with Gasteiger partial charge in [0.15, 0.2) is 10.8 Å². The Balaban J connectivity index is 1.49. The number of H-pyrrole nitrogens is 1. The van der Waals surface area contributed by atoms with Crippen molar-refractivity contribution in [1.29, 1.82) is 0 Å². The van der Waals surface area contributed by atoms with E-state index in [1.807, 2.05) is 0 Å². The maximum atomic E-state index is 12.7. The molecule has 0 unspecified atom stereocenters. The van der Waals surface area contributed by atoms with Gasteiger partial charge < -0.3 is 15.9 Å². The standard InChI is InChI=1S/C19H17N7O5S/c1-31-24-15(13-9-32-18(20)22-13)16(28)21-7-10-2-3-12-11(6-10)8-26(17(12)29)25-5-4-14(27)23-19(25)30/h2-6,9H,7-8H2,1H3,(H2,20,22)(H,21,28)(H,23,27,30)/b24-15+. The van der Waals surface area contributed by atoms with Gasteiger partial charge >= 0.3 is 5.69 Å². The molecule has 4 rings (SSSR count). The largest absolute Gasteiger partial charge is 0.398 e. The number of carbonyl (C=O) groups excluding carboxylic acids is 2. The number of aromatic nitrogens is 3. The Kier molecular flexibility index (Phi) is 5.55. The molecule has 164 valence electrons. The molecule has 0 atom stereocenters. The minimum absolute atomic E-state index is 0.0135. The van der Waals surface area contributed by atoms with Crippen LogP contribution in [0.4, 0.5) is 5.13 Å². The van der Waals surface area contributed by atoms with E-state index in [-0.39, 0.29) is 24.7 Å². The first-order chi connectivity index (χ1) is 15.4. The van der Waals surface area contributed by atoms with Gasteiger partial charge in [0.25, 0.3) is 17.4 Å².